The zero-order valence-electron chi connectivity index (χ0n) is 65.8. The van der Waals surface area contributed by atoms with E-state index in [0.717, 1.165) is 9.80 Å². The van der Waals surface area contributed by atoms with Crippen LogP contribution in [0, 0.1) is 11.8 Å². The molecule has 600 valence electrons. The van der Waals surface area contributed by atoms with Crippen LogP contribution >= 0.6 is 0 Å². The van der Waals surface area contributed by atoms with Gasteiger partial charge in [0.1, 0.15) is 71.3 Å². The number of hydrogen-bond donors (Lipinski definition) is 0. The molecule has 28 nitrogen and oxygen atoms in total. The van der Waals surface area contributed by atoms with Gasteiger partial charge in [0.25, 0.3) is 23.6 Å². The van der Waals surface area contributed by atoms with E-state index in [1.54, 1.807) is 23.6 Å². The van der Waals surface area contributed by atoms with Gasteiger partial charge in [-0.25, -0.2) is 28.8 Å². The van der Waals surface area contributed by atoms with Crippen LogP contribution in [0.5, 0.6) is 46.0 Å². The smallest absolute Gasteiger partial charge is 0.337 e. The highest BCUT2D eigenvalue weighted by Gasteiger charge is 2.48. The van der Waals surface area contributed by atoms with E-state index < -0.39 is 83.3 Å². The maximum Gasteiger partial charge on any atom is 0.337 e. The third-order valence-corrected chi connectivity index (χ3v) is 20.8. The molecular formula is C88H86N6O22. The van der Waals surface area contributed by atoms with Crippen LogP contribution in [0.1, 0.15) is 137 Å². The predicted octanol–water partition coefficient (Wildman–Crippen LogP) is 12.6. The van der Waals surface area contributed by atoms with Crippen molar-refractivity contribution >= 4 is 114 Å². The van der Waals surface area contributed by atoms with E-state index in [2.05, 4.69) is 13.2 Å². The van der Waals surface area contributed by atoms with E-state index in [1.807, 2.05) is 37.5 Å². The van der Waals surface area contributed by atoms with Gasteiger partial charge in [-0.3, -0.25) is 48.4 Å². The number of benzene rings is 9. The second kappa shape index (κ2) is 33.9. The number of esters is 6. The molecule has 2 atom stereocenters. The molecule has 0 aromatic heterocycles. The van der Waals surface area contributed by atoms with Crippen LogP contribution in [0.4, 0.5) is 0 Å². The summed E-state index contributed by atoms with van der Waals surface area (Å²) in [5.41, 5.74) is -0.207. The fraction of sp³-hybridized carbons (Fsp3) is 0.318. The van der Waals surface area contributed by atoms with Crippen molar-refractivity contribution in [1.82, 2.24) is 29.4 Å². The molecule has 4 heterocycles. The summed E-state index contributed by atoms with van der Waals surface area (Å²) in [4.78, 5) is 186. The first-order valence-corrected chi connectivity index (χ1v) is 37.9. The van der Waals surface area contributed by atoms with Crippen molar-refractivity contribution in [3.05, 3.63) is 190 Å². The second-order valence-corrected chi connectivity index (χ2v) is 29.6. The first-order chi connectivity index (χ1) is 55.6. The Hall–Kier alpha value is -13.1. The van der Waals surface area contributed by atoms with Crippen molar-refractivity contribution < 1.29 is 105 Å². The standard InChI is InChI=1S/C88H86N6O22/c1-47(2)37-63(81(99)91-29-25-89(26-30-91)33-35-111-83(101)49(5)6)93-77(95)59-43-65(113-55-21-13-17-51(39-55)85(103)107-9)71-73-67(115-57-23-15-19-53(41-57)87(105)109-11)45-61-70-62(80(98)94(79(61)97)64(38-48(3)4)82(100)92-31-27-90(28-32-92)34-36-112-84(102)50(7)8)46-68(116-58-24-16-20-54(42-58)88(106)110-12)74(76(70)73)72-66(44-60(78(93)96)69(59)75(71)72)114-56-22-14-18-52(40-56)86(104)108-10/h13-24,39-48,63-64H,5,7,25-38H2,1-4,6,8-12H3. The van der Waals surface area contributed by atoms with E-state index in [-0.39, 0.29) is 209 Å². The molecule has 2 fully saturated rings. The number of rotatable bonds is 28. The fourth-order valence-corrected chi connectivity index (χ4v) is 15.3. The summed E-state index contributed by atoms with van der Waals surface area (Å²) in [7, 11) is 4.79. The van der Waals surface area contributed by atoms with Crippen molar-refractivity contribution in [2.45, 2.75) is 66.5 Å². The Morgan fingerprint density at radius 1 is 0.362 bits per heavy atom. The van der Waals surface area contributed by atoms with Gasteiger partial charge in [0.15, 0.2) is 0 Å². The molecule has 0 N–H and O–H groups in total. The number of ether oxygens (including phenoxy) is 10. The lowest BCUT2D eigenvalue weighted by molar-refractivity contribution is -0.141. The molecule has 2 unspecified atom stereocenters. The summed E-state index contributed by atoms with van der Waals surface area (Å²) >= 11 is 0. The highest BCUT2D eigenvalue weighted by molar-refractivity contribution is 6.45. The molecule has 0 saturated carbocycles. The lowest BCUT2D eigenvalue weighted by atomic mass is 9.80. The number of amides is 6. The van der Waals surface area contributed by atoms with Crippen LogP contribution in [0.25, 0.3) is 43.1 Å². The van der Waals surface area contributed by atoms with Gasteiger partial charge in [0, 0.05) is 120 Å². The predicted molar refractivity (Wildman–Crippen MR) is 424 cm³/mol. The second-order valence-electron chi connectivity index (χ2n) is 29.6. The van der Waals surface area contributed by atoms with Gasteiger partial charge < -0.3 is 57.2 Å². The van der Waals surface area contributed by atoms with E-state index >= 15 is 28.8 Å². The third-order valence-electron chi connectivity index (χ3n) is 20.8. The van der Waals surface area contributed by atoms with E-state index in [4.69, 9.17) is 47.4 Å². The van der Waals surface area contributed by atoms with E-state index in [1.165, 1.54) is 150 Å². The van der Waals surface area contributed by atoms with Crippen molar-refractivity contribution in [3.63, 3.8) is 0 Å². The Morgan fingerprint density at radius 3 is 0.853 bits per heavy atom. The first-order valence-electron chi connectivity index (χ1n) is 37.9. The molecule has 28 heteroatoms. The molecule has 6 amide bonds. The van der Waals surface area contributed by atoms with Crippen molar-refractivity contribution in [3.8, 4) is 46.0 Å². The molecule has 0 aliphatic carbocycles. The number of piperazine rings is 2. The Balaban J connectivity index is 1.12. The van der Waals surface area contributed by atoms with Gasteiger partial charge in [-0.15, -0.1) is 0 Å². The third kappa shape index (κ3) is 16.0. The topological polar surface area (TPSA) is 317 Å². The number of nitrogens with zero attached hydrogens (tertiary/aromatic N) is 6. The molecule has 4 aliphatic heterocycles. The summed E-state index contributed by atoms with van der Waals surface area (Å²) in [6.45, 7) is 20.6. The summed E-state index contributed by atoms with van der Waals surface area (Å²) in [6, 6.07) is 26.4. The number of carbonyl (C=O) groups excluding carboxylic acids is 12. The molecule has 2 saturated heterocycles. The van der Waals surface area contributed by atoms with Gasteiger partial charge in [-0.1, -0.05) is 65.1 Å². The lowest BCUT2D eigenvalue weighted by Crippen LogP contribution is -2.58. The van der Waals surface area contributed by atoms with Crippen LogP contribution < -0.4 is 18.9 Å². The van der Waals surface area contributed by atoms with Gasteiger partial charge in [0.2, 0.25) is 11.8 Å². The van der Waals surface area contributed by atoms with E-state index in [9.17, 15) is 28.8 Å². The average Bonchev–Trinajstić information content (AvgIpc) is 0.670. The highest BCUT2D eigenvalue weighted by atomic mass is 16.6. The van der Waals surface area contributed by atoms with Crippen LogP contribution in [0.2, 0.25) is 0 Å². The van der Waals surface area contributed by atoms with Crippen LogP contribution in [-0.4, -0.2) is 220 Å². The fourth-order valence-electron chi connectivity index (χ4n) is 15.3. The minimum Gasteiger partial charge on any atom is -0.465 e. The number of fused-ring (bicyclic) bond motifs is 2. The summed E-state index contributed by atoms with van der Waals surface area (Å²) in [5, 5.41) is -0.118. The quantitative estimate of drug-likeness (QED) is 0.0110. The van der Waals surface area contributed by atoms with Crippen LogP contribution in [0.3, 0.4) is 0 Å². The summed E-state index contributed by atoms with van der Waals surface area (Å²) in [6.07, 6.45) is -0.0532. The molecule has 0 spiro atoms. The monoisotopic (exact) mass is 1580 g/mol. The van der Waals surface area contributed by atoms with Gasteiger partial charge in [-0.2, -0.15) is 0 Å². The maximum atomic E-state index is 16.6. The lowest BCUT2D eigenvalue weighted by Gasteiger charge is -2.40. The van der Waals surface area contributed by atoms with Gasteiger partial charge >= 0.3 is 35.8 Å². The Kier molecular flexibility index (Phi) is 23.7. The largest absolute Gasteiger partial charge is 0.465 e. The zero-order chi connectivity index (χ0) is 82.8. The molecule has 116 heavy (non-hydrogen) atoms. The summed E-state index contributed by atoms with van der Waals surface area (Å²) in [5.74, 6) is -10.5. The number of carbonyl (C=O) groups is 12. The molecule has 9 aromatic rings. The number of hydrogen-bond acceptors (Lipinski definition) is 24. The number of imide groups is 2. The van der Waals surface area contributed by atoms with Crippen LogP contribution in [0.15, 0.2) is 146 Å². The van der Waals surface area contributed by atoms with Crippen molar-refractivity contribution in [1.29, 1.82) is 0 Å². The Morgan fingerprint density at radius 2 is 0.621 bits per heavy atom. The molecule has 0 radical (unpaired) electrons. The molecular weight excluding hydrogens is 1490 g/mol. The highest BCUT2D eigenvalue weighted by Crippen LogP contribution is 2.58. The van der Waals surface area contributed by atoms with Crippen LogP contribution in [-0.2, 0) is 47.6 Å². The molecule has 13 rings (SSSR count). The molecule has 0 bridgehead atoms. The minimum atomic E-state index is -1.46. The Labute approximate surface area is 667 Å². The minimum absolute atomic E-state index is 0.00101. The normalized spacial score (nSPS) is 14.9. The Bertz CT molecular complexity index is 4990. The maximum absolute atomic E-state index is 16.6. The van der Waals surface area contributed by atoms with Gasteiger partial charge in [0.05, 0.1) is 72.9 Å². The number of methoxy groups -OCH3 is 4. The van der Waals surface area contributed by atoms with Gasteiger partial charge in [-0.05, 0) is 136 Å². The first kappa shape index (κ1) is 81.0. The molecule has 9 aromatic carbocycles. The average molecular weight is 1580 g/mol. The summed E-state index contributed by atoms with van der Waals surface area (Å²) < 4.78 is 60.2. The SMILES string of the molecule is C=C(C)C(=O)OCCN1CCN(C(=O)C(CC(C)C)N2C(=O)c3cc(Oc4cccc(C(=O)OC)c4)c4c5c(Oc6cccc(C(=O)OC)c6)cc6c7c(cc(Oc8cccc(C(=O)OC)c8)c(c8c(Oc9cccc(C(=O)OC)c9)cc(c3c48)C2=O)c75)C(=O)N(C(CC(C)C)C(=O)N2CCN(CCOC(=O)C(=C)C)CC2)C6=O)CC1. The van der Waals surface area contributed by atoms with E-state index in [0.29, 0.717) is 39.3 Å². The zero-order valence-corrected chi connectivity index (χ0v) is 65.8. The van der Waals surface area contributed by atoms with Crippen molar-refractivity contribution in [2.75, 3.05) is 107 Å². The molecule has 4 aliphatic rings. The van der Waals surface area contributed by atoms with Crippen molar-refractivity contribution in [2.24, 2.45) is 11.8 Å².